The highest BCUT2D eigenvalue weighted by Gasteiger charge is 2.08. The molecule has 1 aromatic heterocycles. The van der Waals surface area contributed by atoms with Gasteiger partial charge in [0.2, 0.25) is 0 Å². The van der Waals surface area contributed by atoms with Crippen molar-refractivity contribution in [3.8, 4) is 0 Å². The highest BCUT2D eigenvalue weighted by atomic mass is 32.1. The Hall–Kier alpha value is -1.48. The van der Waals surface area contributed by atoms with Crippen LogP contribution in [0.5, 0.6) is 0 Å². The maximum atomic E-state index is 13.2. The van der Waals surface area contributed by atoms with E-state index < -0.39 is 0 Å². The summed E-state index contributed by atoms with van der Waals surface area (Å²) in [6.45, 7) is 1.79. The average molecular weight is 248 g/mol. The van der Waals surface area contributed by atoms with Crippen LogP contribution in [0.1, 0.15) is 27.2 Å². The van der Waals surface area contributed by atoms with Crippen molar-refractivity contribution in [3.63, 3.8) is 0 Å². The fourth-order valence-electron chi connectivity index (χ4n) is 1.73. The predicted molar refractivity (Wildman–Crippen MR) is 68.1 cm³/mol. The Labute approximate surface area is 104 Å². The van der Waals surface area contributed by atoms with Gasteiger partial charge in [0.25, 0.3) is 0 Å². The maximum Gasteiger partial charge on any atom is 0.163 e. The molecule has 2 rings (SSSR count). The van der Waals surface area contributed by atoms with Gasteiger partial charge in [-0.1, -0.05) is 6.07 Å². The van der Waals surface area contributed by atoms with Crippen molar-refractivity contribution in [1.82, 2.24) is 0 Å². The third kappa shape index (κ3) is 3.24. The van der Waals surface area contributed by atoms with Crippen LogP contribution in [0.4, 0.5) is 4.39 Å². The summed E-state index contributed by atoms with van der Waals surface area (Å²) in [5.41, 5.74) is 1.25. The van der Waals surface area contributed by atoms with Crippen LogP contribution in [-0.2, 0) is 6.42 Å². The molecule has 1 heterocycles. The first-order chi connectivity index (χ1) is 8.15. The zero-order valence-electron chi connectivity index (χ0n) is 9.57. The van der Waals surface area contributed by atoms with Gasteiger partial charge >= 0.3 is 0 Å². The monoisotopic (exact) mass is 248 g/mol. The number of aryl methyl sites for hydroxylation is 2. The lowest BCUT2D eigenvalue weighted by Crippen LogP contribution is -2.01. The van der Waals surface area contributed by atoms with Crippen LogP contribution in [0.25, 0.3) is 0 Å². The van der Waals surface area contributed by atoms with Crippen molar-refractivity contribution < 1.29 is 9.18 Å². The molecule has 0 spiro atoms. The summed E-state index contributed by atoms with van der Waals surface area (Å²) < 4.78 is 13.2. The number of carbonyl (C=O) groups excluding carboxylic acids is 1. The van der Waals surface area contributed by atoms with Crippen molar-refractivity contribution in [2.45, 2.75) is 19.8 Å². The van der Waals surface area contributed by atoms with Crippen LogP contribution >= 0.6 is 11.3 Å². The smallest absolute Gasteiger partial charge is 0.163 e. The lowest BCUT2D eigenvalue weighted by atomic mass is 10.0. The van der Waals surface area contributed by atoms with Crippen LogP contribution in [0.2, 0.25) is 0 Å². The van der Waals surface area contributed by atoms with Crippen LogP contribution in [0, 0.1) is 12.7 Å². The Morgan fingerprint density at radius 2 is 2.18 bits per heavy atom. The number of carbonyl (C=O) groups is 1. The van der Waals surface area contributed by atoms with E-state index in [1.807, 2.05) is 17.5 Å². The molecule has 0 fully saturated rings. The molecule has 1 nitrogen and oxygen atoms in total. The molecule has 0 amide bonds. The zero-order valence-corrected chi connectivity index (χ0v) is 10.4. The van der Waals surface area contributed by atoms with Crippen molar-refractivity contribution in [2.75, 3.05) is 0 Å². The SMILES string of the molecule is Cc1cc(F)cc(C(=O)CCc2cccs2)c1. The summed E-state index contributed by atoms with van der Waals surface area (Å²) in [4.78, 5) is 13.1. The molecule has 3 heteroatoms. The van der Waals surface area contributed by atoms with Crippen molar-refractivity contribution in [1.29, 1.82) is 0 Å². The first-order valence-corrected chi connectivity index (χ1v) is 6.36. The van der Waals surface area contributed by atoms with Gasteiger partial charge in [-0.05, 0) is 48.6 Å². The van der Waals surface area contributed by atoms with Crippen LogP contribution in [0.3, 0.4) is 0 Å². The predicted octanol–water partition coefficient (Wildman–Crippen LogP) is 4.01. The number of thiophene rings is 1. The third-order valence-corrected chi connectivity index (χ3v) is 3.48. The quantitative estimate of drug-likeness (QED) is 0.747. The molecule has 0 saturated heterocycles. The molecular weight excluding hydrogens is 235 g/mol. The molecule has 0 radical (unpaired) electrons. The minimum Gasteiger partial charge on any atom is -0.294 e. The molecule has 0 atom stereocenters. The number of rotatable bonds is 4. The van der Waals surface area contributed by atoms with Gasteiger partial charge in [-0.15, -0.1) is 11.3 Å². The summed E-state index contributed by atoms with van der Waals surface area (Å²) in [5, 5.41) is 1.99. The Balaban J connectivity index is 2.04. The zero-order chi connectivity index (χ0) is 12.3. The van der Waals surface area contributed by atoms with E-state index in [9.17, 15) is 9.18 Å². The molecule has 1 aromatic carbocycles. The number of hydrogen-bond donors (Lipinski definition) is 0. The van der Waals surface area contributed by atoms with E-state index in [4.69, 9.17) is 0 Å². The first kappa shape index (κ1) is 12.0. The van der Waals surface area contributed by atoms with E-state index in [1.165, 1.54) is 17.0 Å². The molecule has 17 heavy (non-hydrogen) atoms. The Morgan fingerprint density at radius 1 is 1.35 bits per heavy atom. The van der Waals surface area contributed by atoms with Gasteiger partial charge in [0, 0.05) is 16.9 Å². The van der Waals surface area contributed by atoms with E-state index in [0.717, 1.165) is 12.0 Å². The van der Waals surface area contributed by atoms with E-state index in [0.29, 0.717) is 12.0 Å². The van der Waals surface area contributed by atoms with Crippen LogP contribution in [0.15, 0.2) is 35.7 Å². The van der Waals surface area contributed by atoms with Gasteiger partial charge in [-0.25, -0.2) is 4.39 Å². The number of halogens is 1. The highest BCUT2D eigenvalue weighted by molar-refractivity contribution is 7.09. The van der Waals surface area contributed by atoms with Gasteiger partial charge in [0.15, 0.2) is 5.78 Å². The molecule has 0 aliphatic rings. The van der Waals surface area contributed by atoms with Crippen LogP contribution in [-0.4, -0.2) is 5.78 Å². The molecule has 0 aliphatic heterocycles. The number of hydrogen-bond acceptors (Lipinski definition) is 2. The minimum atomic E-state index is -0.343. The second-order valence-corrected chi connectivity index (χ2v) is 5.05. The molecule has 0 N–H and O–H groups in total. The molecule has 0 unspecified atom stereocenters. The molecule has 0 bridgehead atoms. The summed E-state index contributed by atoms with van der Waals surface area (Å²) in [7, 11) is 0. The van der Waals surface area contributed by atoms with Gasteiger partial charge in [-0.2, -0.15) is 0 Å². The highest BCUT2D eigenvalue weighted by Crippen LogP contribution is 2.15. The van der Waals surface area contributed by atoms with Gasteiger partial charge in [0.1, 0.15) is 5.82 Å². The second kappa shape index (κ2) is 5.23. The minimum absolute atomic E-state index is 0.000926. The van der Waals surface area contributed by atoms with Crippen molar-refractivity contribution in [3.05, 3.63) is 57.5 Å². The number of Topliss-reactive ketones (excluding diaryl/α,β-unsaturated/α-hetero) is 1. The molecule has 88 valence electrons. The second-order valence-electron chi connectivity index (χ2n) is 4.02. The van der Waals surface area contributed by atoms with E-state index in [1.54, 1.807) is 24.3 Å². The third-order valence-electron chi connectivity index (χ3n) is 2.54. The van der Waals surface area contributed by atoms with Gasteiger partial charge in [0.05, 0.1) is 0 Å². The largest absolute Gasteiger partial charge is 0.294 e. The standard InChI is InChI=1S/C14H13FOS/c1-10-7-11(9-12(15)8-10)14(16)5-4-13-3-2-6-17-13/h2-3,6-9H,4-5H2,1H3. The lowest BCUT2D eigenvalue weighted by molar-refractivity contribution is 0.0982. The van der Waals surface area contributed by atoms with Crippen molar-refractivity contribution in [2.24, 2.45) is 0 Å². The summed E-state index contributed by atoms with van der Waals surface area (Å²) in [6, 6.07) is 8.45. The molecular formula is C14H13FOS. The molecule has 0 aliphatic carbocycles. The number of benzene rings is 1. The normalized spacial score (nSPS) is 10.5. The maximum absolute atomic E-state index is 13.2. The fourth-order valence-corrected chi connectivity index (χ4v) is 2.44. The van der Waals surface area contributed by atoms with E-state index >= 15 is 0 Å². The summed E-state index contributed by atoms with van der Waals surface area (Å²) in [6.07, 6.45) is 1.16. The van der Waals surface area contributed by atoms with Crippen molar-refractivity contribution >= 4 is 17.1 Å². The lowest BCUT2D eigenvalue weighted by Gasteiger charge is -2.02. The summed E-state index contributed by atoms with van der Waals surface area (Å²) in [5.74, 6) is -0.342. The molecule has 2 aromatic rings. The average Bonchev–Trinajstić information content (AvgIpc) is 2.77. The summed E-state index contributed by atoms with van der Waals surface area (Å²) >= 11 is 1.64. The Kier molecular flexibility index (Phi) is 3.69. The van der Waals surface area contributed by atoms with Gasteiger partial charge in [-0.3, -0.25) is 4.79 Å². The fraction of sp³-hybridized carbons (Fsp3) is 0.214. The number of ketones is 1. The van der Waals surface area contributed by atoms with Gasteiger partial charge < -0.3 is 0 Å². The molecule has 0 saturated carbocycles. The first-order valence-electron chi connectivity index (χ1n) is 5.48. The van der Waals surface area contributed by atoms with Crippen LogP contribution < -0.4 is 0 Å². The Bertz CT molecular complexity index is 497. The Morgan fingerprint density at radius 3 is 2.82 bits per heavy atom. The topological polar surface area (TPSA) is 17.1 Å². The van der Waals surface area contributed by atoms with E-state index in [2.05, 4.69) is 0 Å². The van der Waals surface area contributed by atoms with E-state index in [-0.39, 0.29) is 11.6 Å².